The maximum atomic E-state index is 11.7. The Morgan fingerprint density at radius 3 is 2.41 bits per heavy atom. The second-order valence-corrected chi connectivity index (χ2v) is 4.77. The van der Waals surface area contributed by atoms with E-state index in [-0.39, 0.29) is 31.0 Å². The molecule has 0 aromatic heterocycles. The molecule has 96 valence electrons. The van der Waals surface area contributed by atoms with E-state index in [1.165, 1.54) is 0 Å². The van der Waals surface area contributed by atoms with Crippen LogP contribution in [-0.4, -0.2) is 47.1 Å². The fraction of sp³-hybridized carbons (Fsp3) is 0.667. The van der Waals surface area contributed by atoms with Crippen LogP contribution < -0.4 is 5.32 Å². The number of hydrogen-bond donors (Lipinski definition) is 2. The van der Waals surface area contributed by atoms with Gasteiger partial charge in [-0.05, 0) is 20.8 Å². The Balaban J connectivity index is 4.15. The molecule has 0 aliphatic carbocycles. The lowest BCUT2D eigenvalue weighted by atomic mass is 10.1. The van der Waals surface area contributed by atoms with Gasteiger partial charge in [-0.25, -0.2) is 0 Å². The summed E-state index contributed by atoms with van der Waals surface area (Å²) in [6.45, 7) is 6.16. The molecule has 0 radical (unpaired) electrons. The monoisotopic (exact) mass is 240 g/mol. The van der Waals surface area contributed by atoms with E-state index in [1.807, 2.05) is 20.8 Å². The van der Waals surface area contributed by atoms with Gasteiger partial charge in [0, 0.05) is 18.5 Å². The number of nitrogens with one attached hydrogen (secondary N) is 1. The van der Waals surface area contributed by atoms with Gasteiger partial charge in [-0.3, -0.25) is 9.59 Å². The number of carboxylic acids is 1. The fourth-order valence-electron chi connectivity index (χ4n) is 1.21. The fourth-order valence-corrected chi connectivity index (χ4v) is 1.21. The average molecular weight is 240 g/mol. The van der Waals surface area contributed by atoms with Crippen LogP contribution >= 0.6 is 0 Å². The molecule has 0 aliphatic rings. The predicted molar refractivity (Wildman–Crippen MR) is 65.4 cm³/mol. The molecule has 1 amide bonds. The molecule has 0 aromatic rings. The highest BCUT2D eigenvalue weighted by molar-refractivity contribution is 5.81. The Kier molecular flexibility index (Phi) is 6.29. The number of carbonyl (C=O) groups is 2. The third kappa shape index (κ3) is 8.29. The minimum Gasteiger partial charge on any atom is -0.480 e. The van der Waals surface area contributed by atoms with Gasteiger partial charge < -0.3 is 15.3 Å². The topological polar surface area (TPSA) is 69.6 Å². The smallest absolute Gasteiger partial charge is 0.323 e. The van der Waals surface area contributed by atoms with Crippen LogP contribution in [0.4, 0.5) is 0 Å². The minimum atomic E-state index is -1.06. The summed E-state index contributed by atoms with van der Waals surface area (Å²) in [5.41, 5.74) is -0.0655. The van der Waals surface area contributed by atoms with Crippen molar-refractivity contribution in [2.24, 2.45) is 0 Å². The van der Waals surface area contributed by atoms with Crippen LogP contribution in [0.3, 0.4) is 0 Å². The number of aliphatic carboxylic acids is 1. The normalized spacial score (nSPS) is 10.7. The first kappa shape index (κ1) is 15.5. The number of terminal acetylenes is 1. The molecular weight excluding hydrogens is 220 g/mol. The Morgan fingerprint density at radius 1 is 1.41 bits per heavy atom. The second kappa shape index (κ2) is 6.92. The summed E-state index contributed by atoms with van der Waals surface area (Å²) in [5.74, 6) is 0.976. The number of nitrogens with zero attached hydrogens (tertiary/aromatic N) is 1. The molecule has 0 atom stereocenters. The molecule has 2 N–H and O–H groups in total. The van der Waals surface area contributed by atoms with Crippen molar-refractivity contribution in [1.82, 2.24) is 10.2 Å². The van der Waals surface area contributed by atoms with E-state index in [4.69, 9.17) is 11.5 Å². The highest BCUT2D eigenvalue weighted by Gasteiger charge is 2.16. The highest BCUT2D eigenvalue weighted by Crippen LogP contribution is 1.99. The van der Waals surface area contributed by atoms with Gasteiger partial charge in [0.2, 0.25) is 5.91 Å². The van der Waals surface area contributed by atoms with E-state index in [1.54, 1.807) is 0 Å². The largest absolute Gasteiger partial charge is 0.480 e. The molecule has 0 saturated heterocycles. The zero-order chi connectivity index (χ0) is 13.5. The van der Waals surface area contributed by atoms with Crippen LogP contribution in [0.5, 0.6) is 0 Å². The Hall–Kier alpha value is -1.54. The zero-order valence-corrected chi connectivity index (χ0v) is 10.6. The average Bonchev–Trinajstić information content (AvgIpc) is 2.14. The molecule has 0 spiro atoms. The predicted octanol–water partition coefficient (Wildman–Crippen LogP) is 0.311. The molecule has 0 rings (SSSR count). The highest BCUT2D eigenvalue weighted by atomic mass is 16.4. The molecule has 0 unspecified atom stereocenters. The van der Waals surface area contributed by atoms with Crippen molar-refractivity contribution in [3.63, 3.8) is 0 Å². The summed E-state index contributed by atoms with van der Waals surface area (Å²) in [6, 6.07) is 0. The molecule has 0 bridgehead atoms. The van der Waals surface area contributed by atoms with Crippen molar-refractivity contribution < 1.29 is 14.7 Å². The number of carboxylic acid groups (broad SMARTS) is 1. The van der Waals surface area contributed by atoms with E-state index in [0.29, 0.717) is 6.54 Å². The van der Waals surface area contributed by atoms with Crippen molar-refractivity contribution in [2.45, 2.75) is 32.7 Å². The van der Waals surface area contributed by atoms with Gasteiger partial charge in [-0.15, -0.1) is 6.42 Å². The first-order valence-electron chi connectivity index (χ1n) is 5.44. The lowest BCUT2D eigenvalue weighted by Crippen LogP contribution is -2.41. The molecule has 0 saturated carbocycles. The minimum absolute atomic E-state index is 0.0284. The van der Waals surface area contributed by atoms with Gasteiger partial charge in [0.25, 0.3) is 0 Å². The van der Waals surface area contributed by atoms with Gasteiger partial charge in [-0.2, -0.15) is 0 Å². The van der Waals surface area contributed by atoms with E-state index in [9.17, 15) is 9.59 Å². The van der Waals surface area contributed by atoms with E-state index < -0.39 is 5.97 Å². The molecule has 0 aromatic carbocycles. The second-order valence-electron chi connectivity index (χ2n) is 4.77. The lowest BCUT2D eigenvalue weighted by Gasteiger charge is -2.22. The first-order valence-corrected chi connectivity index (χ1v) is 5.44. The quantitative estimate of drug-likeness (QED) is 0.656. The van der Waals surface area contributed by atoms with Crippen LogP contribution in [0.2, 0.25) is 0 Å². The lowest BCUT2D eigenvalue weighted by molar-refractivity contribution is -0.144. The number of hydrogen-bond acceptors (Lipinski definition) is 3. The molecule has 0 fully saturated rings. The standard InChI is InChI=1S/C12H20N2O3/c1-5-8-14(9-11(16)17)10(15)6-7-13-12(2,3)4/h1,13H,6-9H2,2-4H3,(H,16,17). The van der Waals surface area contributed by atoms with Crippen molar-refractivity contribution in [3.8, 4) is 12.3 Å². The van der Waals surface area contributed by atoms with Crippen molar-refractivity contribution >= 4 is 11.9 Å². The summed E-state index contributed by atoms with van der Waals surface area (Å²) in [6.07, 6.45) is 5.33. The number of amides is 1. The van der Waals surface area contributed by atoms with Gasteiger partial charge >= 0.3 is 5.97 Å². The molecule has 5 heteroatoms. The summed E-state index contributed by atoms with van der Waals surface area (Å²) in [5, 5.41) is 11.8. The Morgan fingerprint density at radius 2 is 2.00 bits per heavy atom. The molecule has 5 nitrogen and oxygen atoms in total. The van der Waals surface area contributed by atoms with E-state index in [2.05, 4.69) is 11.2 Å². The van der Waals surface area contributed by atoms with Crippen molar-refractivity contribution in [3.05, 3.63) is 0 Å². The van der Waals surface area contributed by atoms with Crippen molar-refractivity contribution in [1.29, 1.82) is 0 Å². The maximum absolute atomic E-state index is 11.7. The summed E-state index contributed by atoms with van der Waals surface area (Å²) in [4.78, 5) is 23.4. The third-order valence-electron chi connectivity index (χ3n) is 1.96. The SMILES string of the molecule is C#CCN(CC(=O)O)C(=O)CCNC(C)(C)C. The van der Waals surface area contributed by atoms with Gasteiger partial charge in [0.15, 0.2) is 0 Å². The van der Waals surface area contributed by atoms with E-state index >= 15 is 0 Å². The van der Waals surface area contributed by atoms with Gasteiger partial charge in [0.1, 0.15) is 6.54 Å². The summed E-state index contributed by atoms with van der Waals surface area (Å²) in [7, 11) is 0. The Labute approximate surface area is 102 Å². The molecular formula is C12H20N2O3. The molecule has 0 heterocycles. The molecule has 0 aliphatic heterocycles. The van der Waals surface area contributed by atoms with Crippen LogP contribution in [0.25, 0.3) is 0 Å². The Bertz CT molecular complexity index is 313. The zero-order valence-electron chi connectivity index (χ0n) is 10.6. The van der Waals surface area contributed by atoms with Crippen LogP contribution in [0.15, 0.2) is 0 Å². The maximum Gasteiger partial charge on any atom is 0.323 e. The number of rotatable bonds is 6. The summed E-state index contributed by atoms with van der Waals surface area (Å²) >= 11 is 0. The van der Waals surface area contributed by atoms with Crippen LogP contribution in [0.1, 0.15) is 27.2 Å². The van der Waals surface area contributed by atoms with Crippen molar-refractivity contribution in [2.75, 3.05) is 19.6 Å². The molecule has 17 heavy (non-hydrogen) atoms. The van der Waals surface area contributed by atoms with E-state index in [0.717, 1.165) is 4.90 Å². The van der Waals surface area contributed by atoms with Gasteiger partial charge in [-0.1, -0.05) is 5.92 Å². The van der Waals surface area contributed by atoms with Gasteiger partial charge in [0.05, 0.1) is 6.54 Å². The first-order chi connectivity index (χ1) is 7.76. The van der Waals surface area contributed by atoms with Crippen LogP contribution in [0, 0.1) is 12.3 Å². The summed E-state index contributed by atoms with van der Waals surface area (Å²) < 4.78 is 0. The van der Waals surface area contributed by atoms with Crippen LogP contribution in [-0.2, 0) is 9.59 Å². The number of carbonyl (C=O) groups excluding carboxylic acids is 1. The third-order valence-corrected chi connectivity index (χ3v) is 1.96.